The summed E-state index contributed by atoms with van der Waals surface area (Å²) < 4.78 is 0. The summed E-state index contributed by atoms with van der Waals surface area (Å²) in [6.45, 7) is 1.30. The fraction of sp³-hybridized carbons (Fsp3) is 0.400. The highest BCUT2D eigenvalue weighted by Gasteiger charge is 2.43. The zero-order valence-electron chi connectivity index (χ0n) is 22.3. The molecule has 210 valence electrons. The Morgan fingerprint density at radius 2 is 1.88 bits per heavy atom. The molecule has 6 N–H and O–H groups in total. The molecule has 0 saturated carbocycles. The van der Waals surface area contributed by atoms with E-state index in [1.807, 2.05) is 60.7 Å². The van der Waals surface area contributed by atoms with Crippen LogP contribution in [0.4, 0.5) is 5.69 Å². The van der Waals surface area contributed by atoms with Gasteiger partial charge in [0, 0.05) is 18.0 Å². The number of aromatic nitrogens is 1. The Morgan fingerprint density at radius 3 is 2.65 bits per heavy atom. The average molecular weight is 545 g/mol. The molecular weight excluding hydrogens is 508 g/mol. The normalized spacial score (nSPS) is 23.2. The number of nitrogens with one attached hydrogen (secondary N) is 3. The minimum Gasteiger partial charge on any atom is -0.383 e. The van der Waals surface area contributed by atoms with E-state index >= 15 is 0 Å². The van der Waals surface area contributed by atoms with Gasteiger partial charge >= 0.3 is 0 Å². The zero-order valence-corrected chi connectivity index (χ0v) is 22.3. The topological polar surface area (TPSA) is 150 Å². The van der Waals surface area contributed by atoms with Crippen LogP contribution in [0.25, 0.3) is 10.9 Å². The Hall–Kier alpha value is -3.86. The summed E-state index contributed by atoms with van der Waals surface area (Å²) in [5.74, 6) is -0.840. The maximum absolute atomic E-state index is 13.5. The van der Waals surface area contributed by atoms with Crippen LogP contribution in [0, 0.1) is 5.92 Å². The molecule has 3 amide bonds. The SMILES string of the molecule is NC[C@H]1CN[C@H](C(=O)N2C[C@H](NC(=O)[C@H](O)CCc3ccccc3)C[C@H]2C(=O)Nc2cnc3ccccc3c2)C1. The molecule has 0 bridgehead atoms. The van der Waals surface area contributed by atoms with E-state index in [4.69, 9.17) is 5.73 Å². The van der Waals surface area contributed by atoms with Crippen LogP contribution in [-0.2, 0) is 20.8 Å². The number of carbonyl (C=O) groups is 3. The van der Waals surface area contributed by atoms with Gasteiger partial charge in [-0.2, -0.15) is 0 Å². The third kappa shape index (κ3) is 6.47. The van der Waals surface area contributed by atoms with Gasteiger partial charge in [0.2, 0.25) is 17.7 Å². The number of fused-ring (bicyclic) bond motifs is 1. The number of amides is 3. The Kier molecular flexibility index (Phi) is 8.69. The number of likely N-dealkylation sites (tertiary alicyclic amines) is 1. The van der Waals surface area contributed by atoms with Gasteiger partial charge in [-0.1, -0.05) is 48.5 Å². The largest absolute Gasteiger partial charge is 0.383 e. The van der Waals surface area contributed by atoms with E-state index in [2.05, 4.69) is 20.9 Å². The number of pyridine rings is 1. The number of carbonyl (C=O) groups excluding carboxylic acids is 3. The zero-order chi connectivity index (χ0) is 28.1. The summed E-state index contributed by atoms with van der Waals surface area (Å²) in [7, 11) is 0. The quantitative estimate of drug-likeness (QED) is 0.272. The molecule has 0 aliphatic carbocycles. The molecule has 10 nitrogen and oxygen atoms in total. The Bertz CT molecular complexity index is 1350. The second-order valence-corrected chi connectivity index (χ2v) is 10.7. The second-order valence-electron chi connectivity index (χ2n) is 10.7. The Labute approximate surface area is 233 Å². The molecule has 3 heterocycles. The monoisotopic (exact) mass is 544 g/mol. The number of nitrogens with two attached hydrogens (primary N) is 1. The maximum Gasteiger partial charge on any atom is 0.249 e. The smallest absolute Gasteiger partial charge is 0.249 e. The fourth-order valence-corrected chi connectivity index (χ4v) is 5.55. The number of aryl methyl sites for hydroxylation is 1. The van der Waals surface area contributed by atoms with Gasteiger partial charge < -0.3 is 31.7 Å². The number of benzene rings is 2. The first-order valence-electron chi connectivity index (χ1n) is 13.8. The van der Waals surface area contributed by atoms with Crippen LogP contribution < -0.4 is 21.7 Å². The predicted octanol–water partition coefficient (Wildman–Crippen LogP) is 1.19. The van der Waals surface area contributed by atoms with Gasteiger partial charge in [-0.15, -0.1) is 0 Å². The molecule has 1 aromatic heterocycles. The highest BCUT2D eigenvalue weighted by atomic mass is 16.3. The van der Waals surface area contributed by atoms with Gasteiger partial charge in [0.25, 0.3) is 0 Å². The fourth-order valence-electron chi connectivity index (χ4n) is 5.55. The van der Waals surface area contributed by atoms with E-state index in [1.165, 1.54) is 0 Å². The van der Waals surface area contributed by atoms with Crippen molar-refractivity contribution in [3.05, 3.63) is 72.4 Å². The molecule has 0 unspecified atom stereocenters. The summed E-state index contributed by atoms with van der Waals surface area (Å²) >= 11 is 0. The summed E-state index contributed by atoms with van der Waals surface area (Å²) in [6.07, 6.45) is 2.07. The van der Waals surface area contributed by atoms with Crippen molar-refractivity contribution in [1.82, 2.24) is 20.5 Å². The standard InChI is InChI=1S/C30H36N6O4/c31-15-20-12-25(32-16-20)30(40)36-18-23(35-29(39)27(37)11-10-19-6-2-1-3-7-19)14-26(36)28(38)34-22-13-21-8-4-5-9-24(21)33-17-22/h1-9,13,17,20,23,25-27,32,37H,10-12,14-16,18,31H2,(H,34,38)(H,35,39)/t20-,23+,25-,26-,27+/m0/s1. The molecule has 3 aromatic rings. The molecule has 2 aliphatic rings. The van der Waals surface area contributed by atoms with E-state index < -0.39 is 30.1 Å². The van der Waals surface area contributed by atoms with Crippen molar-refractivity contribution in [3.63, 3.8) is 0 Å². The molecular formula is C30H36N6O4. The minimum absolute atomic E-state index is 0.176. The lowest BCUT2D eigenvalue weighted by Gasteiger charge is -2.26. The highest BCUT2D eigenvalue weighted by molar-refractivity contribution is 5.99. The molecule has 2 aromatic carbocycles. The van der Waals surface area contributed by atoms with Crippen molar-refractivity contribution in [3.8, 4) is 0 Å². The van der Waals surface area contributed by atoms with Gasteiger partial charge in [0.1, 0.15) is 12.1 Å². The van der Waals surface area contributed by atoms with Crippen molar-refractivity contribution >= 4 is 34.3 Å². The number of aliphatic hydroxyl groups is 1. The van der Waals surface area contributed by atoms with Gasteiger partial charge in [-0.05, 0) is 62.4 Å². The number of aliphatic hydroxyl groups excluding tert-OH is 1. The lowest BCUT2D eigenvalue weighted by Crippen LogP contribution is -2.50. The van der Waals surface area contributed by atoms with E-state index in [1.54, 1.807) is 11.1 Å². The number of para-hydroxylation sites is 1. The summed E-state index contributed by atoms with van der Waals surface area (Å²) in [5.41, 5.74) is 8.19. The van der Waals surface area contributed by atoms with E-state index in [9.17, 15) is 19.5 Å². The van der Waals surface area contributed by atoms with Crippen LogP contribution in [0.1, 0.15) is 24.8 Å². The Morgan fingerprint density at radius 1 is 1.10 bits per heavy atom. The molecule has 0 spiro atoms. The first kappa shape index (κ1) is 27.7. The predicted molar refractivity (Wildman–Crippen MR) is 152 cm³/mol. The molecule has 2 aliphatic heterocycles. The summed E-state index contributed by atoms with van der Waals surface area (Å²) in [4.78, 5) is 45.8. The Balaban J connectivity index is 1.26. The lowest BCUT2D eigenvalue weighted by atomic mass is 10.0. The van der Waals surface area contributed by atoms with Crippen LogP contribution in [-0.4, -0.2) is 76.6 Å². The molecule has 5 atom stereocenters. The first-order valence-corrected chi connectivity index (χ1v) is 13.8. The molecule has 2 saturated heterocycles. The van der Waals surface area contributed by atoms with Crippen molar-refractivity contribution in [1.29, 1.82) is 0 Å². The van der Waals surface area contributed by atoms with Crippen molar-refractivity contribution in [2.75, 3.05) is 25.0 Å². The van der Waals surface area contributed by atoms with Crippen molar-refractivity contribution < 1.29 is 19.5 Å². The maximum atomic E-state index is 13.5. The van der Waals surface area contributed by atoms with Gasteiger partial charge in [-0.25, -0.2) is 0 Å². The summed E-state index contributed by atoms with van der Waals surface area (Å²) in [6, 6.07) is 17.4. The van der Waals surface area contributed by atoms with Crippen molar-refractivity contribution in [2.45, 2.75) is 49.9 Å². The lowest BCUT2D eigenvalue weighted by molar-refractivity contribution is -0.138. The van der Waals surface area contributed by atoms with Gasteiger partial charge in [0.15, 0.2) is 0 Å². The van der Waals surface area contributed by atoms with E-state index in [0.29, 0.717) is 31.6 Å². The molecule has 2 fully saturated rings. The number of rotatable bonds is 9. The molecule has 5 rings (SSSR count). The van der Waals surface area contributed by atoms with Crippen LogP contribution in [0.3, 0.4) is 0 Å². The highest BCUT2D eigenvalue weighted by Crippen LogP contribution is 2.25. The molecule has 40 heavy (non-hydrogen) atoms. The third-order valence-corrected chi connectivity index (χ3v) is 7.80. The third-order valence-electron chi connectivity index (χ3n) is 7.80. The van der Waals surface area contributed by atoms with Gasteiger partial charge in [0.05, 0.1) is 23.4 Å². The van der Waals surface area contributed by atoms with Crippen LogP contribution in [0.2, 0.25) is 0 Å². The first-order chi connectivity index (χ1) is 19.4. The van der Waals surface area contributed by atoms with Crippen molar-refractivity contribution in [2.24, 2.45) is 11.7 Å². The van der Waals surface area contributed by atoms with E-state index in [0.717, 1.165) is 16.5 Å². The summed E-state index contributed by atoms with van der Waals surface area (Å²) in [5, 5.41) is 20.4. The second kappa shape index (κ2) is 12.5. The minimum atomic E-state index is -1.19. The average Bonchev–Trinajstić information content (AvgIpc) is 3.64. The number of nitrogens with zero attached hydrogens (tertiary/aromatic N) is 2. The number of hydrogen-bond donors (Lipinski definition) is 5. The van der Waals surface area contributed by atoms with E-state index in [-0.39, 0.29) is 37.1 Å². The number of anilines is 1. The van der Waals surface area contributed by atoms with Gasteiger partial charge in [-0.3, -0.25) is 19.4 Å². The number of hydrogen-bond acceptors (Lipinski definition) is 7. The molecule has 0 radical (unpaired) electrons. The van der Waals surface area contributed by atoms with Crippen LogP contribution in [0.15, 0.2) is 66.9 Å². The van der Waals surface area contributed by atoms with Crippen LogP contribution in [0.5, 0.6) is 0 Å². The van der Waals surface area contributed by atoms with Crippen LogP contribution >= 0.6 is 0 Å². The molecule has 10 heteroatoms.